The molecule has 2 rings (SSSR count). The zero-order valence-electron chi connectivity index (χ0n) is 10.3. The van der Waals surface area contributed by atoms with Crippen LogP contribution in [0.5, 0.6) is 0 Å². The second-order valence-corrected chi connectivity index (χ2v) is 5.73. The van der Waals surface area contributed by atoms with E-state index in [-0.39, 0.29) is 0 Å². The minimum Gasteiger partial charge on any atom is -0.382 e. The molecular formula is C12H21N3. The maximum atomic E-state index is 5.85. The molecule has 1 aromatic rings. The topological polar surface area (TPSA) is 54.7 Å². The normalized spacial score (nSPS) is 23.0. The molecule has 3 N–H and O–H groups in total. The van der Waals surface area contributed by atoms with Crippen molar-refractivity contribution in [3.63, 3.8) is 0 Å². The predicted octanol–water partition coefficient (Wildman–Crippen LogP) is 2.70. The summed E-state index contributed by atoms with van der Waals surface area (Å²) in [6, 6.07) is 0. The van der Waals surface area contributed by atoms with Crippen molar-refractivity contribution in [3.05, 3.63) is 11.3 Å². The van der Waals surface area contributed by atoms with E-state index in [2.05, 4.69) is 44.8 Å². The molecule has 0 aliphatic heterocycles. The van der Waals surface area contributed by atoms with Gasteiger partial charge in [0.1, 0.15) is 5.82 Å². The summed E-state index contributed by atoms with van der Waals surface area (Å²) in [4.78, 5) is 0. The highest BCUT2D eigenvalue weighted by Gasteiger charge is 2.66. The van der Waals surface area contributed by atoms with Crippen LogP contribution in [0.3, 0.4) is 0 Å². The van der Waals surface area contributed by atoms with Crippen LogP contribution < -0.4 is 5.73 Å². The van der Waals surface area contributed by atoms with Gasteiger partial charge in [-0.2, -0.15) is 5.10 Å². The highest BCUT2D eigenvalue weighted by Crippen LogP contribution is 2.73. The molecular weight excluding hydrogens is 186 g/mol. The quantitative estimate of drug-likeness (QED) is 0.783. The van der Waals surface area contributed by atoms with Crippen LogP contribution in [0.2, 0.25) is 0 Å². The molecule has 0 saturated heterocycles. The van der Waals surface area contributed by atoms with E-state index in [4.69, 9.17) is 5.73 Å². The van der Waals surface area contributed by atoms with Crippen LogP contribution in [0.15, 0.2) is 0 Å². The van der Waals surface area contributed by atoms with Crippen LogP contribution in [0.25, 0.3) is 0 Å². The number of hydrogen-bond acceptors (Lipinski definition) is 2. The number of nitrogen functional groups attached to an aromatic ring is 1. The summed E-state index contributed by atoms with van der Waals surface area (Å²) in [5.74, 6) is 1.23. The predicted molar refractivity (Wildman–Crippen MR) is 62.7 cm³/mol. The van der Waals surface area contributed by atoms with E-state index >= 15 is 0 Å². The minimum absolute atomic E-state index is 0.343. The Bertz CT molecular complexity index is 374. The molecule has 1 fully saturated rings. The molecule has 0 bridgehead atoms. The van der Waals surface area contributed by atoms with Gasteiger partial charge in [-0.3, -0.25) is 5.10 Å². The van der Waals surface area contributed by atoms with Crippen LogP contribution in [0.4, 0.5) is 5.82 Å². The SMILES string of the molecule is CCc1c(N)n[nH]c1C1C(C)(C)C1(C)C. The summed E-state index contributed by atoms with van der Waals surface area (Å²) in [6.07, 6.45) is 0.959. The lowest BCUT2D eigenvalue weighted by atomic mass is 10.0. The number of rotatable bonds is 2. The first-order valence-electron chi connectivity index (χ1n) is 5.66. The fourth-order valence-corrected chi connectivity index (χ4v) is 2.92. The number of anilines is 1. The highest BCUT2D eigenvalue weighted by atomic mass is 15.2. The van der Waals surface area contributed by atoms with Crippen molar-refractivity contribution in [3.8, 4) is 0 Å². The molecule has 0 unspecified atom stereocenters. The van der Waals surface area contributed by atoms with Crippen molar-refractivity contribution in [1.82, 2.24) is 10.2 Å². The Balaban J connectivity index is 2.41. The van der Waals surface area contributed by atoms with Crippen LogP contribution in [-0.2, 0) is 6.42 Å². The van der Waals surface area contributed by atoms with Gasteiger partial charge in [-0.25, -0.2) is 0 Å². The number of H-pyrrole nitrogens is 1. The van der Waals surface area contributed by atoms with Crippen molar-refractivity contribution in [1.29, 1.82) is 0 Å². The Kier molecular flexibility index (Phi) is 1.95. The lowest BCUT2D eigenvalue weighted by molar-refractivity contribution is 0.457. The Labute approximate surface area is 91.4 Å². The van der Waals surface area contributed by atoms with Gasteiger partial charge in [0.25, 0.3) is 0 Å². The Hall–Kier alpha value is -0.990. The number of nitrogens with one attached hydrogen (secondary N) is 1. The number of aromatic nitrogens is 2. The van der Waals surface area contributed by atoms with Crippen molar-refractivity contribution in [2.45, 2.75) is 47.0 Å². The van der Waals surface area contributed by atoms with E-state index in [9.17, 15) is 0 Å². The zero-order chi connectivity index (χ0) is 11.4. The lowest BCUT2D eigenvalue weighted by Gasteiger charge is -2.03. The van der Waals surface area contributed by atoms with E-state index < -0.39 is 0 Å². The van der Waals surface area contributed by atoms with Gasteiger partial charge in [-0.1, -0.05) is 34.6 Å². The monoisotopic (exact) mass is 207 g/mol. The average molecular weight is 207 g/mol. The molecule has 0 amide bonds. The van der Waals surface area contributed by atoms with Crippen molar-refractivity contribution < 1.29 is 0 Å². The molecule has 1 aliphatic rings. The fourth-order valence-electron chi connectivity index (χ4n) is 2.92. The van der Waals surface area contributed by atoms with Gasteiger partial charge < -0.3 is 5.73 Å². The number of nitrogens with two attached hydrogens (primary N) is 1. The van der Waals surface area contributed by atoms with Gasteiger partial charge in [0.2, 0.25) is 0 Å². The first kappa shape index (κ1) is 10.5. The second-order valence-electron chi connectivity index (χ2n) is 5.73. The third-order valence-corrected chi connectivity index (χ3v) is 4.59. The van der Waals surface area contributed by atoms with E-state index in [0.29, 0.717) is 22.6 Å². The van der Waals surface area contributed by atoms with Crippen LogP contribution in [0, 0.1) is 10.8 Å². The van der Waals surface area contributed by atoms with E-state index in [1.807, 2.05) is 0 Å². The molecule has 0 spiro atoms. The summed E-state index contributed by atoms with van der Waals surface area (Å²) in [5, 5.41) is 7.26. The molecule has 0 atom stereocenters. The Morgan fingerprint density at radius 3 is 2.20 bits per heavy atom. The molecule has 0 radical (unpaired) electrons. The van der Waals surface area contributed by atoms with E-state index in [0.717, 1.165) is 6.42 Å². The summed E-state index contributed by atoms with van der Waals surface area (Å²) in [7, 11) is 0. The van der Waals surface area contributed by atoms with Gasteiger partial charge >= 0.3 is 0 Å². The summed E-state index contributed by atoms with van der Waals surface area (Å²) < 4.78 is 0. The molecule has 0 aromatic carbocycles. The minimum atomic E-state index is 0.343. The second kappa shape index (κ2) is 2.77. The molecule has 1 aromatic heterocycles. The van der Waals surface area contributed by atoms with E-state index in [1.165, 1.54) is 11.3 Å². The maximum Gasteiger partial charge on any atom is 0.148 e. The molecule has 15 heavy (non-hydrogen) atoms. The van der Waals surface area contributed by atoms with Gasteiger partial charge in [-0.15, -0.1) is 0 Å². The largest absolute Gasteiger partial charge is 0.382 e. The summed E-state index contributed by atoms with van der Waals surface area (Å²) in [6.45, 7) is 11.4. The molecule has 1 heterocycles. The summed E-state index contributed by atoms with van der Waals surface area (Å²) in [5.41, 5.74) is 9.00. The Morgan fingerprint density at radius 1 is 1.27 bits per heavy atom. The number of nitrogens with zero attached hydrogens (tertiary/aromatic N) is 1. The average Bonchev–Trinajstić information content (AvgIpc) is 2.44. The molecule has 1 saturated carbocycles. The third-order valence-electron chi connectivity index (χ3n) is 4.59. The van der Waals surface area contributed by atoms with Crippen molar-refractivity contribution >= 4 is 5.82 Å². The van der Waals surface area contributed by atoms with Crippen LogP contribution in [0.1, 0.15) is 51.8 Å². The van der Waals surface area contributed by atoms with Gasteiger partial charge in [0.05, 0.1) is 0 Å². The molecule has 3 heteroatoms. The zero-order valence-corrected chi connectivity index (χ0v) is 10.3. The van der Waals surface area contributed by atoms with Crippen LogP contribution >= 0.6 is 0 Å². The number of hydrogen-bond donors (Lipinski definition) is 2. The summed E-state index contributed by atoms with van der Waals surface area (Å²) >= 11 is 0. The highest BCUT2D eigenvalue weighted by molar-refractivity contribution is 5.47. The van der Waals surface area contributed by atoms with E-state index in [1.54, 1.807) is 0 Å². The van der Waals surface area contributed by atoms with Crippen LogP contribution in [-0.4, -0.2) is 10.2 Å². The smallest absolute Gasteiger partial charge is 0.148 e. The number of aromatic amines is 1. The Morgan fingerprint density at radius 2 is 1.80 bits per heavy atom. The fraction of sp³-hybridized carbons (Fsp3) is 0.750. The standard InChI is InChI=1S/C12H21N3/c1-6-7-8(14-15-10(7)13)9-11(2,3)12(9,4)5/h9H,6H2,1-5H3,(H3,13,14,15). The molecule has 3 nitrogen and oxygen atoms in total. The van der Waals surface area contributed by atoms with Crippen molar-refractivity contribution in [2.24, 2.45) is 10.8 Å². The van der Waals surface area contributed by atoms with Gasteiger partial charge in [0.15, 0.2) is 0 Å². The van der Waals surface area contributed by atoms with Gasteiger partial charge in [0, 0.05) is 17.2 Å². The first-order chi connectivity index (χ1) is 6.84. The first-order valence-corrected chi connectivity index (χ1v) is 5.66. The van der Waals surface area contributed by atoms with Gasteiger partial charge in [-0.05, 0) is 17.3 Å². The lowest BCUT2D eigenvalue weighted by Crippen LogP contribution is -1.95. The molecule has 1 aliphatic carbocycles. The third kappa shape index (κ3) is 1.15. The molecule has 84 valence electrons. The van der Waals surface area contributed by atoms with Crippen molar-refractivity contribution in [2.75, 3.05) is 5.73 Å². The maximum absolute atomic E-state index is 5.85.